The van der Waals surface area contributed by atoms with Gasteiger partial charge < -0.3 is 5.32 Å². The summed E-state index contributed by atoms with van der Waals surface area (Å²) in [7, 11) is -3.58. The summed E-state index contributed by atoms with van der Waals surface area (Å²) in [5.41, 5.74) is 0. The molecule has 0 radical (unpaired) electrons. The highest BCUT2D eigenvalue weighted by Gasteiger charge is 2.30. The van der Waals surface area contributed by atoms with E-state index in [2.05, 4.69) is 21.2 Å². The van der Waals surface area contributed by atoms with E-state index in [1.165, 1.54) is 23.4 Å². The number of hydrogen-bond acceptors (Lipinski definition) is 3. The molecule has 0 aliphatic carbocycles. The molecule has 1 heterocycles. The fourth-order valence-corrected chi connectivity index (χ4v) is 4.55. The summed E-state index contributed by atoms with van der Waals surface area (Å²) in [4.78, 5) is 11.3. The van der Waals surface area contributed by atoms with Crippen molar-refractivity contribution in [3.63, 3.8) is 0 Å². The number of sulfonamides is 1. The molecule has 1 saturated heterocycles. The summed E-state index contributed by atoms with van der Waals surface area (Å²) in [6, 6.07) is 4.40. The number of halogens is 2. The van der Waals surface area contributed by atoms with Crippen LogP contribution >= 0.6 is 27.5 Å². The Hall–Kier alpha value is -0.630. The molecule has 0 saturated carbocycles. The summed E-state index contributed by atoms with van der Waals surface area (Å²) >= 11 is 9.13. The second kappa shape index (κ2) is 6.64. The molecule has 0 spiro atoms. The Kier molecular flexibility index (Phi) is 5.29. The van der Waals surface area contributed by atoms with Crippen molar-refractivity contribution in [2.45, 2.75) is 30.7 Å². The lowest BCUT2D eigenvalue weighted by atomic mass is 10.1. The first kappa shape index (κ1) is 16.7. The molecule has 1 aromatic carbocycles. The lowest BCUT2D eigenvalue weighted by molar-refractivity contribution is -0.119. The van der Waals surface area contributed by atoms with E-state index in [0.717, 1.165) is 12.8 Å². The highest BCUT2D eigenvalue weighted by Crippen LogP contribution is 2.28. The maximum Gasteiger partial charge on any atom is 0.243 e. The van der Waals surface area contributed by atoms with Crippen LogP contribution in [-0.4, -0.2) is 37.8 Å². The Labute approximate surface area is 137 Å². The van der Waals surface area contributed by atoms with E-state index in [1.807, 2.05) is 0 Å². The molecule has 0 bridgehead atoms. The smallest absolute Gasteiger partial charge is 0.243 e. The molecule has 1 aliphatic heterocycles. The van der Waals surface area contributed by atoms with Gasteiger partial charge in [0.1, 0.15) is 0 Å². The largest absolute Gasteiger partial charge is 0.352 e. The van der Waals surface area contributed by atoms with Crippen LogP contribution in [0.4, 0.5) is 0 Å². The van der Waals surface area contributed by atoms with Gasteiger partial charge in [-0.25, -0.2) is 8.42 Å². The quantitative estimate of drug-likeness (QED) is 0.854. The standard InChI is InChI=1S/C13H16BrClN2O3S/c1-9(18)16-10-3-2-6-17(8-10)21(19,20)11-4-5-13(15)12(14)7-11/h4-5,7,10H,2-3,6,8H2,1H3,(H,16,18). The number of nitrogens with one attached hydrogen (secondary N) is 1. The summed E-state index contributed by atoms with van der Waals surface area (Å²) in [6.07, 6.45) is 1.51. The number of piperidine rings is 1. The molecule has 0 aromatic heterocycles. The molecular weight excluding hydrogens is 380 g/mol. The van der Waals surface area contributed by atoms with E-state index in [1.54, 1.807) is 6.07 Å². The summed E-state index contributed by atoms with van der Waals surface area (Å²) in [5.74, 6) is -0.145. The Bertz CT molecular complexity index is 651. The van der Waals surface area contributed by atoms with Crippen molar-refractivity contribution in [3.05, 3.63) is 27.7 Å². The Balaban J connectivity index is 2.22. The van der Waals surface area contributed by atoms with Gasteiger partial charge in [0, 0.05) is 30.5 Å². The van der Waals surface area contributed by atoms with Gasteiger partial charge in [0.2, 0.25) is 15.9 Å². The molecule has 1 N–H and O–H groups in total. The second-order valence-corrected chi connectivity index (χ2v) is 8.18. The third kappa shape index (κ3) is 3.97. The number of amides is 1. The van der Waals surface area contributed by atoms with Gasteiger partial charge in [-0.15, -0.1) is 0 Å². The van der Waals surface area contributed by atoms with Gasteiger partial charge in [-0.2, -0.15) is 4.31 Å². The summed E-state index contributed by atoms with van der Waals surface area (Å²) in [6.45, 7) is 2.19. The number of carbonyl (C=O) groups excluding carboxylic acids is 1. The minimum atomic E-state index is -3.58. The first-order chi connectivity index (χ1) is 9.80. The predicted octanol–water partition coefficient (Wildman–Crippen LogP) is 2.39. The van der Waals surface area contributed by atoms with Crippen molar-refractivity contribution < 1.29 is 13.2 Å². The zero-order valence-electron chi connectivity index (χ0n) is 11.5. The van der Waals surface area contributed by atoms with Crippen molar-refractivity contribution in [1.29, 1.82) is 0 Å². The van der Waals surface area contributed by atoms with E-state index in [4.69, 9.17) is 11.6 Å². The third-order valence-electron chi connectivity index (χ3n) is 3.32. The van der Waals surface area contributed by atoms with Gasteiger partial charge in [-0.05, 0) is 47.0 Å². The number of carbonyl (C=O) groups is 1. The SMILES string of the molecule is CC(=O)NC1CCCN(S(=O)(=O)c2ccc(Cl)c(Br)c2)C1. The Morgan fingerprint density at radius 1 is 1.48 bits per heavy atom. The lowest BCUT2D eigenvalue weighted by Crippen LogP contribution is -2.49. The average Bonchev–Trinajstić information content (AvgIpc) is 2.41. The first-order valence-corrected chi connectivity index (χ1v) is 9.14. The molecule has 8 heteroatoms. The van der Waals surface area contributed by atoms with Gasteiger partial charge in [-0.3, -0.25) is 4.79 Å². The maximum atomic E-state index is 12.6. The molecule has 1 aromatic rings. The van der Waals surface area contributed by atoms with Crippen LogP contribution in [0.2, 0.25) is 5.02 Å². The van der Waals surface area contributed by atoms with Crippen LogP contribution in [0.5, 0.6) is 0 Å². The zero-order valence-corrected chi connectivity index (χ0v) is 14.6. The number of hydrogen-bond donors (Lipinski definition) is 1. The van der Waals surface area contributed by atoms with E-state index in [-0.39, 0.29) is 16.8 Å². The van der Waals surface area contributed by atoms with Crippen LogP contribution in [0, 0.1) is 0 Å². The first-order valence-electron chi connectivity index (χ1n) is 6.53. The fourth-order valence-electron chi connectivity index (χ4n) is 2.35. The highest BCUT2D eigenvalue weighted by molar-refractivity contribution is 9.10. The number of nitrogens with zero attached hydrogens (tertiary/aromatic N) is 1. The van der Waals surface area contributed by atoms with E-state index in [0.29, 0.717) is 22.6 Å². The van der Waals surface area contributed by atoms with Crippen LogP contribution in [0.1, 0.15) is 19.8 Å². The highest BCUT2D eigenvalue weighted by atomic mass is 79.9. The molecule has 1 unspecified atom stereocenters. The molecule has 1 atom stereocenters. The fraction of sp³-hybridized carbons (Fsp3) is 0.462. The molecule has 1 amide bonds. The maximum absolute atomic E-state index is 12.6. The predicted molar refractivity (Wildman–Crippen MR) is 84.7 cm³/mol. The third-order valence-corrected chi connectivity index (χ3v) is 6.40. The summed E-state index contributed by atoms with van der Waals surface area (Å²) < 4.78 is 27.2. The molecule has 1 fully saturated rings. The lowest BCUT2D eigenvalue weighted by Gasteiger charge is -2.32. The molecular formula is C13H16BrClN2O3S. The zero-order chi connectivity index (χ0) is 15.6. The Morgan fingerprint density at radius 2 is 2.19 bits per heavy atom. The monoisotopic (exact) mass is 394 g/mol. The second-order valence-electron chi connectivity index (χ2n) is 4.98. The minimum Gasteiger partial charge on any atom is -0.352 e. The van der Waals surface area contributed by atoms with Crippen molar-refractivity contribution in [1.82, 2.24) is 9.62 Å². The van der Waals surface area contributed by atoms with Gasteiger partial charge in [0.15, 0.2) is 0 Å². The van der Waals surface area contributed by atoms with Crippen molar-refractivity contribution >= 4 is 43.5 Å². The topological polar surface area (TPSA) is 66.5 Å². The van der Waals surface area contributed by atoms with Gasteiger partial charge in [-0.1, -0.05) is 11.6 Å². The minimum absolute atomic E-state index is 0.137. The van der Waals surface area contributed by atoms with Crippen molar-refractivity contribution in [2.75, 3.05) is 13.1 Å². The van der Waals surface area contributed by atoms with Crippen LogP contribution in [-0.2, 0) is 14.8 Å². The normalized spacial score (nSPS) is 20.2. The molecule has 5 nitrogen and oxygen atoms in total. The van der Waals surface area contributed by atoms with Crippen molar-refractivity contribution in [2.24, 2.45) is 0 Å². The molecule has 1 aliphatic rings. The van der Waals surface area contributed by atoms with E-state index < -0.39 is 10.0 Å². The molecule has 116 valence electrons. The van der Waals surface area contributed by atoms with Gasteiger partial charge in [0.25, 0.3) is 0 Å². The number of benzene rings is 1. The number of rotatable bonds is 3. The van der Waals surface area contributed by atoms with E-state index in [9.17, 15) is 13.2 Å². The summed E-state index contributed by atoms with van der Waals surface area (Å²) in [5, 5.41) is 3.24. The van der Waals surface area contributed by atoms with Crippen LogP contribution < -0.4 is 5.32 Å². The Morgan fingerprint density at radius 3 is 2.81 bits per heavy atom. The van der Waals surface area contributed by atoms with Gasteiger partial charge >= 0.3 is 0 Å². The van der Waals surface area contributed by atoms with Crippen LogP contribution in [0.3, 0.4) is 0 Å². The molecule has 21 heavy (non-hydrogen) atoms. The van der Waals surface area contributed by atoms with Crippen LogP contribution in [0.15, 0.2) is 27.6 Å². The average molecular weight is 396 g/mol. The van der Waals surface area contributed by atoms with Crippen LogP contribution in [0.25, 0.3) is 0 Å². The van der Waals surface area contributed by atoms with Crippen molar-refractivity contribution in [3.8, 4) is 0 Å². The van der Waals surface area contributed by atoms with E-state index >= 15 is 0 Å². The van der Waals surface area contributed by atoms with Gasteiger partial charge in [0.05, 0.1) is 9.92 Å². The molecule has 2 rings (SSSR count).